The first kappa shape index (κ1) is 11.6. The molecule has 0 amide bonds. The second-order valence-corrected chi connectivity index (χ2v) is 4.28. The summed E-state index contributed by atoms with van der Waals surface area (Å²) >= 11 is 0. The van der Waals surface area contributed by atoms with Crippen LogP contribution in [-0.4, -0.2) is 17.6 Å². The van der Waals surface area contributed by atoms with Gasteiger partial charge in [0.25, 0.3) is 5.56 Å². The fraction of sp³-hybridized carbons (Fsp3) is 0.385. The maximum atomic E-state index is 12.0. The lowest BCUT2D eigenvalue weighted by molar-refractivity contribution is 0.0598. The van der Waals surface area contributed by atoms with Crippen LogP contribution in [0.1, 0.15) is 28.8 Å². The maximum Gasteiger partial charge on any atom is 0.343 e. The number of nitrogens with zero attached hydrogens (tertiary/aromatic N) is 1. The van der Waals surface area contributed by atoms with Crippen molar-refractivity contribution >= 4 is 12.0 Å². The Kier molecular flexibility index (Phi) is 3.13. The average molecular weight is 233 g/mol. The zero-order valence-corrected chi connectivity index (χ0v) is 9.81. The van der Waals surface area contributed by atoms with E-state index in [1.807, 2.05) is 0 Å². The number of methoxy groups -OCH3 is 1. The molecule has 0 atom stereocenters. The molecule has 2 rings (SSSR count). The van der Waals surface area contributed by atoms with Crippen molar-refractivity contribution in [3.05, 3.63) is 40.3 Å². The summed E-state index contributed by atoms with van der Waals surface area (Å²) in [6.45, 7) is 4.33. The SMILES string of the molecule is C=Cc1cc(C(=O)OC)c(=O)n(CC2CC2)c1. The fourth-order valence-corrected chi connectivity index (χ4v) is 1.74. The van der Waals surface area contributed by atoms with E-state index in [0.29, 0.717) is 12.5 Å². The van der Waals surface area contributed by atoms with E-state index in [9.17, 15) is 9.59 Å². The number of pyridine rings is 1. The second kappa shape index (κ2) is 4.57. The van der Waals surface area contributed by atoms with E-state index in [4.69, 9.17) is 0 Å². The summed E-state index contributed by atoms with van der Waals surface area (Å²) in [6.07, 6.45) is 5.66. The van der Waals surface area contributed by atoms with Crippen molar-refractivity contribution in [2.75, 3.05) is 7.11 Å². The van der Waals surface area contributed by atoms with Gasteiger partial charge in [-0.25, -0.2) is 4.79 Å². The van der Waals surface area contributed by atoms with Gasteiger partial charge in [0.05, 0.1) is 7.11 Å². The Balaban J connectivity index is 2.46. The molecule has 90 valence electrons. The molecule has 4 heteroatoms. The summed E-state index contributed by atoms with van der Waals surface area (Å²) in [5, 5.41) is 0. The molecular formula is C13H15NO3. The van der Waals surface area contributed by atoms with Crippen LogP contribution in [0.2, 0.25) is 0 Å². The molecule has 0 N–H and O–H groups in total. The van der Waals surface area contributed by atoms with Crippen molar-refractivity contribution in [2.45, 2.75) is 19.4 Å². The molecule has 1 fully saturated rings. The highest BCUT2D eigenvalue weighted by Gasteiger charge is 2.23. The summed E-state index contributed by atoms with van der Waals surface area (Å²) in [5.41, 5.74) is 0.547. The zero-order valence-electron chi connectivity index (χ0n) is 9.81. The molecule has 1 aromatic rings. The molecule has 17 heavy (non-hydrogen) atoms. The number of aromatic nitrogens is 1. The number of hydrogen-bond acceptors (Lipinski definition) is 3. The Morgan fingerprint density at radius 3 is 2.88 bits per heavy atom. The van der Waals surface area contributed by atoms with Crippen molar-refractivity contribution in [1.29, 1.82) is 0 Å². The van der Waals surface area contributed by atoms with Crippen LogP contribution in [-0.2, 0) is 11.3 Å². The Hall–Kier alpha value is -1.84. The summed E-state index contributed by atoms with van der Waals surface area (Å²) in [6, 6.07) is 1.52. The molecule has 0 spiro atoms. The monoisotopic (exact) mass is 233 g/mol. The van der Waals surface area contributed by atoms with Gasteiger partial charge in [-0.2, -0.15) is 0 Å². The van der Waals surface area contributed by atoms with Gasteiger partial charge in [-0.3, -0.25) is 4.79 Å². The molecule has 0 bridgehead atoms. The Morgan fingerprint density at radius 1 is 1.65 bits per heavy atom. The summed E-state index contributed by atoms with van der Waals surface area (Å²) < 4.78 is 6.19. The maximum absolute atomic E-state index is 12.0. The molecule has 0 aromatic carbocycles. The van der Waals surface area contributed by atoms with Gasteiger partial charge in [0.2, 0.25) is 0 Å². The Bertz CT molecular complexity index is 512. The van der Waals surface area contributed by atoms with E-state index < -0.39 is 5.97 Å². The van der Waals surface area contributed by atoms with Crippen LogP contribution in [0.4, 0.5) is 0 Å². The van der Waals surface area contributed by atoms with E-state index in [0.717, 1.165) is 18.4 Å². The minimum atomic E-state index is -0.594. The molecule has 4 nitrogen and oxygen atoms in total. The summed E-state index contributed by atoms with van der Waals surface area (Å²) in [5.74, 6) is -0.0264. The molecular weight excluding hydrogens is 218 g/mol. The number of esters is 1. The molecule has 1 saturated carbocycles. The summed E-state index contributed by atoms with van der Waals surface area (Å²) in [4.78, 5) is 23.5. The molecule has 1 aromatic heterocycles. The predicted molar refractivity (Wildman–Crippen MR) is 64.9 cm³/mol. The molecule has 0 radical (unpaired) electrons. The normalized spacial score (nSPS) is 14.4. The number of hydrogen-bond donors (Lipinski definition) is 0. The number of carbonyl (C=O) groups is 1. The van der Waals surface area contributed by atoms with Crippen LogP contribution in [0.3, 0.4) is 0 Å². The highest BCUT2D eigenvalue weighted by molar-refractivity contribution is 5.89. The van der Waals surface area contributed by atoms with Crippen LogP contribution in [0.15, 0.2) is 23.6 Å². The van der Waals surface area contributed by atoms with Crippen LogP contribution < -0.4 is 5.56 Å². The van der Waals surface area contributed by atoms with Crippen molar-refractivity contribution < 1.29 is 9.53 Å². The van der Waals surface area contributed by atoms with Crippen molar-refractivity contribution in [1.82, 2.24) is 4.57 Å². The van der Waals surface area contributed by atoms with E-state index >= 15 is 0 Å². The third kappa shape index (κ3) is 2.46. The van der Waals surface area contributed by atoms with Gasteiger partial charge in [0.1, 0.15) is 5.56 Å². The van der Waals surface area contributed by atoms with Gasteiger partial charge in [-0.05, 0) is 30.4 Å². The highest BCUT2D eigenvalue weighted by atomic mass is 16.5. The zero-order chi connectivity index (χ0) is 12.4. The quantitative estimate of drug-likeness (QED) is 0.743. The van der Waals surface area contributed by atoms with Gasteiger partial charge in [0.15, 0.2) is 0 Å². The molecule has 1 heterocycles. The van der Waals surface area contributed by atoms with Gasteiger partial charge < -0.3 is 9.30 Å². The number of carbonyl (C=O) groups excluding carboxylic acids is 1. The van der Waals surface area contributed by atoms with Gasteiger partial charge in [-0.1, -0.05) is 12.7 Å². The van der Waals surface area contributed by atoms with Crippen LogP contribution in [0, 0.1) is 5.92 Å². The van der Waals surface area contributed by atoms with Crippen molar-refractivity contribution in [2.24, 2.45) is 5.92 Å². The predicted octanol–water partition coefficient (Wildman–Crippen LogP) is 1.69. The van der Waals surface area contributed by atoms with Crippen LogP contribution in [0.5, 0.6) is 0 Å². The lowest BCUT2D eigenvalue weighted by Gasteiger charge is -2.08. The van der Waals surface area contributed by atoms with Gasteiger partial charge in [-0.15, -0.1) is 0 Å². The minimum Gasteiger partial charge on any atom is -0.465 e. The average Bonchev–Trinajstić information content (AvgIpc) is 3.14. The van der Waals surface area contributed by atoms with E-state index in [1.54, 1.807) is 16.8 Å². The van der Waals surface area contributed by atoms with Crippen molar-refractivity contribution in [3.8, 4) is 0 Å². The van der Waals surface area contributed by atoms with Crippen LogP contribution >= 0.6 is 0 Å². The van der Waals surface area contributed by atoms with E-state index in [2.05, 4.69) is 11.3 Å². The molecule has 0 saturated heterocycles. The lowest BCUT2D eigenvalue weighted by atomic mass is 10.2. The first-order chi connectivity index (χ1) is 8.15. The Labute approximate surface area is 99.5 Å². The summed E-state index contributed by atoms with van der Waals surface area (Å²) in [7, 11) is 1.27. The minimum absolute atomic E-state index is 0.0746. The number of ether oxygens (including phenoxy) is 1. The standard InChI is InChI=1S/C13H15NO3/c1-3-9-6-11(13(16)17-2)12(15)14(7-9)8-10-4-5-10/h3,6-7,10H,1,4-5,8H2,2H3. The fourth-order valence-electron chi connectivity index (χ4n) is 1.74. The van der Waals surface area contributed by atoms with E-state index in [-0.39, 0.29) is 11.1 Å². The molecule has 1 aliphatic carbocycles. The highest BCUT2D eigenvalue weighted by Crippen LogP contribution is 2.30. The third-order valence-electron chi connectivity index (χ3n) is 2.90. The second-order valence-electron chi connectivity index (χ2n) is 4.28. The lowest BCUT2D eigenvalue weighted by Crippen LogP contribution is -2.27. The first-order valence-electron chi connectivity index (χ1n) is 5.61. The van der Waals surface area contributed by atoms with Gasteiger partial charge >= 0.3 is 5.97 Å². The largest absolute Gasteiger partial charge is 0.465 e. The molecule has 0 aliphatic heterocycles. The van der Waals surface area contributed by atoms with Gasteiger partial charge in [0, 0.05) is 12.7 Å². The molecule has 1 aliphatic rings. The Morgan fingerprint density at radius 2 is 2.35 bits per heavy atom. The molecule has 0 unspecified atom stereocenters. The van der Waals surface area contributed by atoms with Crippen molar-refractivity contribution in [3.63, 3.8) is 0 Å². The van der Waals surface area contributed by atoms with Crippen LogP contribution in [0.25, 0.3) is 6.08 Å². The number of rotatable bonds is 4. The topological polar surface area (TPSA) is 48.3 Å². The smallest absolute Gasteiger partial charge is 0.343 e. The van der Waals surface area contributed by atoms with E-state index in [1.165, 1.54) is 13.2 Å². The first-order valence-corrected chi connectivity index (χ1v) is 5.61. The third-order valence-corrected chi connectivity index (χ3v) is 2.90.